The maximum Gasteiger partial charge on any atom is 0.162 e. The van der Waals surface area contributed by atoms with E-state index in [-0.39, 0.29) is 0 Å². The average Bonchev–Trinajstić information content (AvgIpc) is 3.17. The summed E-state index contributed by atoms with van der Waals surface area (Å²) in [5.41, 5.74) is 4.79. The van der Waals surface area contributed by atoms with Gasteiger partial charge in [-0.1, -0.05) is 36.5 Å². The number of aromatic nitrogens is 4. The van der Waals surface area contributed by atoms with Gasteiger partial charge in [0.25, 0.3) is 0 Å². The van der Waals surface area contributed by atoms with Crippen LogP contribution in [-0.4, -0.2) is 44.1 Å². The quantitative estimate of drug-likeness (QED) is 0.506. The summed E-state index contributed by atoms with van der Waals surface area (Å²) >= 11 is 0. The molecule has 5 rings (SSSR count). The summed E-state index contributed by atoms with van der Waals surface area (Å²) in [6.07, 6.45) is 11.4. The zero-order valence-corrected chi connectivity index (χ0v) is 15.7. The van der Waals surface area contributed by atoms with Crippen LogP contribution in [0.2, 0.25) is 0 Å². The van der Waals surface area contributed by atoms with Crippen LogP contribution in [0.15, 0.2) is 55.1 Å². The molecule has 1 aliphatic rings. The van der Waals surface area contributed by atoms with E-state index in [2.05, 4.69) is 37.9 Å². The molecule has 1 fully saturated rings. The van der Waals surface area contributed by atoms with Crippen molar-refractivity contribution in [3.63, 3.8) is 0 Å². The minimum atomic E-state index is 0.825. The number of hydrogen-bond donors (Lipinski definition) is 0. The number of rotatable bonds is 2. The van der Waals surface area contributed by atoms with Gasteiger partial charge < -0.3 is 0 Å². The number of nitrogens with zero attached hydrogens (tertiary/aromatic N) is 5. The summed E-state index contributed by atoms with van der Waals surface area (Å²) in [6, 6.07) is 10.2. The Bertz CT molecular complexity index is 1190. The van der Waals surface area contributed by atoms with Crippen LogP contribution in [-0.2, 0) is 0 Å². The Balaban J connectivity index is 1.45. The molecule has 4 aromatic rings. The lowest BCUT2D eigenvalue weighted by atomic mass is 10.0. The van der Waals surface area contributed by atoms with E-state index in [0.717, 1.165) is 52.9 Å². The third-order valence-electron chi connectivity index (χ3n) is 5.28. The van der Waals surface area contributed by atoms with Crippen molar-refractivity contribution in [3.8, 4) is 23.0 Å². The van der Waals surface area contributed by atoms with E-state index in [9.17, 15) is 0 Å². The van der Waals surface area contributed by atoms with E-state index in [1.54, 1.807) is 0 Å². The van der Waals surface area contributed by atoms with E-state index in [0.29, 0.717) is 0 Å². The fourth-order valence-electron chi connectivity index (χ4n) is 3.83. The number of para-hydroxylation sites is 1. The molecule has 138 valence electrons. The molecule has 4 heterocycles. The SMILES string of the molecule is C(#Cc1cnc2c(-c3ccnc4ccccc34)cnn2c1)CN1CCCCC1. The fraction of sp³-hybridized carbons (Fsp3) is 0.261. The van der Waals surface area contributed by atoms with Crippen LogP contribution in [0.1, 0.15) is 24.8 Å². The van der Waals surface area contributed by atoms with Crippen LogP contribution >= 0.6 is 0 Å². The van der Waals surface area contributed by atoms with Gasteiger partial charge in [-0.15, -0.1) is 0 Å². The first-order valence-corrected chi connectivity index (χ1v) is 9.77. The van der Waals surface area contributed by atoms with Gasteiger partial charge in [0.1, 0.15) is 0 Å². The molecule has 5 heteroatoms. The molecule has 1 aromatic carbocycles. The van der Waals surface area contributed by atoms with E-state index >= 15 is 0 Å². The number of hydrogen-bond acceptors (Lipinski definition) is 4. The first-order chi connectivity index (χ1) is 13.9. The molecule has 0 aliphatic carbocycles. The Kier molecular flexibility index (Phi) is 4.48. The van der Waals surface area contributed by atoms with Gasteiger partial charge in [-0.2, -0.15) is 5.10 Å². The van der Waals surface area contributed by atoms with E-state index in [4.69, 9.17) is 0 Å². The van der Waals surface area contributed by atoms with Gasteiger partial charge >= 0.3 is 0 Å². The highest BCUT2D eigenvalue weighted by atomic mass is 15.2. The molecule has 1 aliphatic heterocycles. The standard InChI is InChI=1S/C23H21N5/c1-4-12-27(13-5-1)14-6-7-18-15-25-23-21(16-26-28(23)17-18)19-10-11-24-22-9-3-2-8-20(19)22/h2-3,8-11,15-17H,1,4-5,12-14H2. The number of benzene rings is 1. The number of pyridine rings is 1. The summed E-state index contributed by atoms with van der Waals surface area (Å²) < 4.78 is 1.81. The van der Waals surface area contributed by atoms with Crippen molar-refractivity contribution in [2.24, 2.45) is 0 Å². The minimum Gasteiger partial charge on any atom is -0.292 e. The molecule has 28 heavy (non-hydrogen) atoms. The molecular formula is C23H21N5. The Hall–Kier alpha value is -3.23. The highest BCUT2D eigenvalue weighted by Crippen LogP contribution is 2.29. The maximum atomic E-state index is 4.65. The molecular weight excluding hydrogens is 346 g/mol. The smallest absolute Gasteiger partial charge is 0.162 e. The lowest BCUT2D eigenvalue weighted by Gasteiger charge is -2.23. The lowest BCUT2D eigenvalue weighted by molar-refractivity contribution is 0.255. The van der Waals surface area contributed by atoms with Gasteiger partial charge in [-0.3, -0.25) is 9.88 Å². The van der Waals surface area contributed by atoms with Gasteiger partial charge in [0.2, 0.25) is 0 Å². The first-order valence-electron chi connectivity index (χ1n) is 9.77. The lowest BCUT2D eigenvalue weighted by Crippen LogP contribution is -2.29. The van der Waals surface area contributed by atoms with E-state index < -0.39 is 0 Å². The summed E-state index contributed by atoms with van der Waals surface area (Å²) in [4.78, 5) is 11.5. The third kappa shape index (κ3) is 3.23. The van der Waals surface area contributed by atoms with Crippen molar-refractivity contribution in [2.45, 2.75) is 19.3 Å². The van der Waals surface area contributed by atoms with Gasteiger partial charge in [0.15, 0.2) is 5.65 Å². The van der Waals surface area contributed by atoms with Crippen LogP contribution in [0.4, 0.5) is 0 Å². The monoisotopic (exact) mass is 367 g/mol. The second-order valence-electron chi connectivity index (χ2n) is 7.18. The molecule has 0 spiro atoms. The maximum absolute atomic E-state index is 4.65. The summed E-state index contributed by atoms with van der Waals surface area (Å²) in [5.74, 6) is 6.52. The summed E-state index contributed by atoms with van der Waals surface area (Å²) in [6.45, 7) is 3.15. The van der Waals surface area contributed by atoms with E-state index in [1.165, 1.54) is 19.3 Å². The van der Waals surface area contributed by atoms with Gasteiger partial charge in [-0.05, 0) is 43.6 Å². The normalized spacial score (nSPS) is 14.9. The van der Waals surface area contributed by atoms with Crippen molar-refractivity contribution in [1.29, 1.82) is 0 Å². The zero-order chi connectivity index (χ0) is 18.8. The predicted octanol–water partition coefficient (Wildman–Crippen LogP) is 3.78. The van der Waals surface area contributed by atoms with Gasteiger partial charge in [-0.25, -0.2) is 9.50 Å². The molecule has 0 amide bonds. The fourth-order valence-corrected chi connectivity index (χ4v) is 3.83. The van der Waals surface area contributed by atoms with Crippen LogP contribution in [0.3, 0.4) is 0 Å². The molecule has 5 nitrogen and oxygen atoms in total. The number of likely N-dealkylation sites (tertiary alicyclic amines) is 1. The largest absolute Gasteiger partial charge is 0.292 e. The summed E-state index contributed by atoms with van der Waals surface area (Å²) in [5, 5.41) is 5.62. The van der Waals surface area contributed by atoms with Gasteiger partial charge in [0, 0.05) is 29.5 Å². The molecule has 3 aromatic heterocycles. The van der Waals surface area contributed by atoms with Crippen molar-refractivity contribution in [1.82, 2.24) is 24.5 Å². The van der Waals surface area contributed by atoms with Gasteiger partial charge in [0.05, 0.1) is 23.8 Å². The number of piperidine rings is 1. The second-order valence-corrected chi connectivity index (χ2v) is 7.18. The molecule has 0 unspecified atom stereocenters. The van der Waals surface area contributed by atoms with Crippen LogP contribution in [0.5, 0.6) is 0 Å². The summed E-state index contributed by atoms with van der Waals surface area (Å²) in [7, 11) is 0. The second kappa shape index (κ2) is 7.41. The van der Waals surface area contributed by atoms with Crippen LogP contribution in [0.25, 0.3) is 27.7 Å². The average molecular weight is 367 g/mol. The molecule has 0 N–H and O–H groups in total. The molecule has 1 saturated heterocycles. The molecule has 0 saturated carbocycles. The first kappa shape index (κ1) is 16.9. The highest BCUT2D eigenvalue weighted by molar-refractivity contribution is 5.97. The Morgan fingerprint density at radius 2 is 1.82 bits per heavy atom. The topological polar surface area (TPSA) is 46.3 Å². The minimum absolute atomic E-state index is 0.825. The van der Waals surface area contributed by atoms with Crippen LogP contribution in [0, 0.1) is 11.8 Å². The third-order valence-corrected chi connectivity index (χ3v) is 5.28. The number of fused-ring (bicyclic) bond motifs is 2. The van der Waals surface area contributed by atoms with Crippen molar-refractivity contribution >= 4 is 16.6 Å². The molecule has 0 bridgehead atoms. The Morgan fingerprint density at radius 3 is 2.75 bits per heavy atom. The van der Waals surface area contributed by atoms with Crippen molar-refractivity contribution < 1.29 is 0 Å². The van der Waals surface area contributed by atoms with Crippen molar-refractivity contribution in [3.05, 3.63) is 60.7 Å². The zero-order valence-electron chi connectivity index (χ0n) is 15.7. The Morgan fingerprint density at radius 1 is 0.929 bits per heavy atom. The van der Waals surface area contributed by atoms with Crippen molar-refractivity contribution in [2.75, 3.05) is 19.6 Å². The van der Waals surface area contributed by atoms with E-state index in [1.807, 2.05) is 53.6 Å². The Labute approximate surface area is 164 Å². The highest BCUT2D eigenvalue weighted by Gasteiger charge is 2.12. The predicted molar refractivity (Wildman–Crippen MR) is 111 cm³/mol. The molecule has 0 atom stereocenters. The molecule has 0 radical (unpaired) electrons. The van der Waals surface area contributed by atoms with Crippen LogP contribution < -0.4 is 0 Å².